The minimum absolute atomic E-state index is 0.0102. The number of nitrogens with zero attached hydrogens (tertiary/aromatic N) is 1. The van der Waals surface area contributed by atoms with Gasteiger partial charge < -0.3 is 4.74 Å². The number of carbonyl (C=O) groups excluding carboxylic acids is 2. The van der Waals surface area contributed by atoms with Gasteiger partial charge in [0.15, 0.2) is 6.10 Å². The molecule has 0 fully saturated rings. The van der Waals surface area contributed by atoms with Gasteiger partial charge in [0.1, 0.15) is 0 Å². The number of sulfonamides is 1. The van der Waals surface area contributed by atoms with E-state index in [0.717, 1.165) is 21.0 Å². The fourth-order valence-corrected chi connectivity index (χ4v) is 3.84. The van der Waals surface area contributed by atoms with Crippen LogP contribution in [0.4, 0.5) is 0 Å². The number of Topliss-reactive ketones (excluding diaryl/α,β-unsaturated/α-hetero) is 1. The van der Waals surface area contributed by atoms with Crippen molar-refractivity contribution in [2.45, 2.75) is 45.6 Å². The van der Waals surface area contributed by atoms with Crippen molar-refractivity contribution in [1.29, 1.82) is 0 Å². The Labute approximate surface area is 172 Å². The fraction of sp³-hybridized carbons (Fsp3) is 0.364. The standard InChI is InChI=1S/C22H27NO5S/c1-13-8-9-18(29(26,27)23(6)7)12-20(13)22(25)28-17(5)21(24)19-11-15(3)14(2)10-16(19)4/h8-12,17H,1-7H3/t17-/m0/s1. The summed E-state index contributed by atoms with van der Waals surface area (Å²) >= 11 is 0. The van der Waals surface area contributed by atoms with Gasteiger partial charge in [0, 0.05) is 19.7 Å². The number of aryl methyl sites for hydroxylation is 4. The third-order valence-corrected chi connectivity index (χ3v) is 6.78. The van der Waals surface area contributed by atoms with Gasteiger partial charge in [0.25, 0.3) is 0 Å². The van der Waals surface area contributed by atoms with E-state index in [1.165, 1.54) is 33.2 Å². The molecule has 0 saturated carbocycles. The molecule has 0 spiro atoms. The van der Waals surface area contributed by atoms with Gasteiger partial charge in [-0.1, -0.05) is 12.1 Å². The van der Waals surface area contributed by atoms with Crippen molar-refractivity contribution in [3.63, 3.8) is 0 Å². The van der Waals surface area contributed by atoms with Crippen LogP contribution in [0.1, 0.15) is 49.9 Å². The Hall–Kier alpha value is -2.51. The summed E-state index contributed by atoms with van der Waals surface area (Å²) in [6, 6.07) is 8.00. The van der Waals surface area contributed by atoms with Crippen LogP contribution in [0.25, 0.3) is 0 Å². The first-order chi connectivity index (χ1) is 13.4. The minimum Gasteiger partial charge on any atom is -0.451 e. The summed E-state index contributed by atoms with van der Waals surface area (Å²) in [6.45, 7) is 8.93. The maximum absolute atomic E-state index is 12.8. The fourth-order valence-electron chi connectivity index (χ4n) is 2.91. The van der Waals surface area contributed by atoms with Crippen LogP contribution in [0.5, 0.6) is 0 Å². The average molecular weight is 418 g/mol. The number of rotatable bonds is 6. The Morgan fingerprint density at radius 2 is 1.45 bits per heavy atom. The lowest BCUT2D eigenvalue weighted by molar-refractivity contribution is 0.0317. The third-order valence-electron chi connectivity index (χ3n) is 4.97. The molecule has 0 amide bonds. The highest BCUT2D eigenvalue weighted by atomic mass is 32.2. The molecule has 0 aliphatic rings. The van der Waals surface area contributed by atoms with Crippen molar-refractivity contribution in [3.05, 3.63) is 63.7 Å². The maximum Gasteiger partial charge on any atom is 0.339 e. The topological polar surface area (TPSA) is 80.8 Å². The van der Waals surface area contributed by atoms with Gasteiger partial charge in [-0.25, -0.2) is 17.5 Å². The molecular formula is C22H27NO5S. The zero-order chi connectivity index (χ0) is 22.1. The lowest BCUT2D eigenvalue weighted by atomic mass is 9.96. The maximum atomic E-state index is 12.8. The van der Waals surface area contributed by atoms with Crippen molar-refractivity contribution < 1.29 is 22.7 Å². The van der Waals surface area contributed by atoms with E-state index in [0.29, 0.717) is 11.1 Å². The number of benzene rings is 2. The van der Waals surface area contributed by atoms with Gasteiger partial charge in [-0.3, -0.25) is 4.79 Å². The van der Waals surface area contributed by atoms with E-state index in [1.54, 1.807) is 19.1 Å². The van der Waals surface area contributed by atoms with Crippen molar-refractivity contribution in [1.82, 2.24) is 4.31 Å². The number of hydrogen-bond acceptors (Lipinski definition) is 5. The molecule has 0 saturated heterocycles. The molecular weight excluding hydrogens is 390 g/mol. The molecule has 2 aromatic rings. The summed E-state index contributed by atoms with van der Waals surface area (Å²) in [4.78, 5) is 25.5. The van der Waals surface area contributed by atoms with E-state index in [4.69, 9.17) is 4.74 Å². The smallest absolute Gasteiger partial charge is 0.339 e. The van der Waals surface area contributed by atoms with Crippen LogP contribution < -0.4 is 0 Å². The molecule has 0 N–H and O–H groups in total. The second-order valence-electron chi connectivity index (χ2n) is 7.43. The number of ketones is 1. The highest BCUT2D eigenvalue weighted by molar-refractivity contribution is 7.89. The van der Waals surface area contributed by atoms with Gasteiger partial charge in [0.05, 0.1) is 10.5 Å². The lowest BCUT2D eigenvalue weighted by Crippen LogP contribution is -2.26. The molecule has 0 radical (unpaired) electrons. The summed E-state index contributed by atoms with van der Waals surface area (Å²) in [6.07, 6.45) is -1.00. The molecule has 156 valence electrons. The Morgan fingerprint density at radius 1 is 0.862 bits per heavy atom. The van der Waals surface area contributed by atoms with Crippen LogP contribution in [-0.2, 0) is 14.8 Å². The lowest BCUT2D eigenvalue weighted by Gasteiger charge is -2.17. The van der Waals surface area contributed by atoms with Crippen molar-refractivity contribution in [3.8, 4) is 0 Å². The van der Waals surface area contributed by atoms with Crippen LogP contribution in [0.3, 0.4) is 0 Å². The van der Waals surface area contributed by atoms with E-state index in [2.05, 4.69) is 0 Å². The van der Waals surface area contributed by atoms with Crippen molar-refractivity contribution in [2.24, 2.45) is 0 Å². The summed E-state index contributed by atoms with van der Waals surface area (Å²) in [5.74, 6) is -1.03. The molecule has 7 heteroatoms. The highest BCUT2D eigenvalue weighted by Gasteiger charge is 2.25. The van der Waals surface area contributed by atoms with E-state index in [9.17, 15) is 18.0 Å². The Balaban J connectivity index is 2.30. The number of ether oxygens (including phenoxy) is 1. The minimum atomic E-state index is -3.69. The van der Waals surface area contributed by atoms with E-state index < -0.39 is 22.1 Å². The summed E-state index contributed by atoms with van der Waals surface area (Å²) in [5.41, 5.74) is 4.07. The van der Waals surface area contributed by atoms with E-state index in [-0.39, 0.29) is 16.2 Å². The first-order valence-corrected chi connectivity index (χ1v) is 10.7. The Bertz CT molecular complexity index is 1070. The molecule has 29 heavy (non-hydrogen) atoms. The Morgan fingerprint density at radius 3 is 2.03 bits per heavy atom. The molecule has 0 heterocycles. The van der Waals surface area contributed by atoms with Gasteiger partial charge in [-0.05, 0) is 75.1 Å². The number of carbonyl (C=O) groups is 2. The molecule has 2 aromatic carbocycles. The molecule has 0 bridgehead atoms. The summed E-state index contributed by atoms with van der Waals surface area (Å²) in [7, 11) is -0.860. The average Bonchev–Trinajstić information content (AvgIpc) is 2.63. The van der Waals surface area contributed by atoms with Gasteiger partial charge in [0.2, 0.25) is 15.8 Å². The predicted molar refractivity (Wildman–Crippen MR) is 112 cm³/mol. The molecule has 2 rings (SSSR count). The van der Waals surface area contributed by atoms with Gasteiger partial charge in [-0.15, -0.1) is 0 Å². The number of hydrogen-bond donors (Lipinski definition) is 0. The molecule has 0 aromatic heterocycles. The van der Waals surface area contributed by atoms with Gasteiger partial charge in [-0.2, -0.15) is 0 Å². The third kappa shape index (κ3) is 4.74. The van der Waals surface area contributed by atoms with Gasteiger partial charge >= 0.3 is 5.97 Å². The molecule has 6 nitrogen and oxygen atoms in total. The van der Waals surface area contributed by atoms with Crippen LogP contribution in [-0.4, -0.2) is 44.7 Å². The zero-order valence-corrected chi connectivity index (χ0v) is 18.7. The number of esters is 1. The first kappa shape index (κ1) is 22.8. The zero-order valence-electron chi connectivity index (χ0n) is 17.9. The van der Waals surface area contributed by atoms with Crippen molar-refractivity contribution >= 4 is 21.8 Å². The highest BCUT2D eigenvalue weighted by Crippen LogP contribution is 2.21. The second kappa shape index (κ2) is 8.47. The van der Waals surface area contributed by atoms with E-state index in [1.807, 2.05) is 26.8 Å². The molecule has 1 atom stereocenters. The SMILES string of the molecule is Cc1cc(C)c(C(=O)[C@H](C)OC(=O)c2cc(S(=O)(=O)N(C)C)ccc2C)cc1C. The molecule has 0 aliphatic carbocycles. The normalized spacial score (nSPS) is 12.7. The van der Waals surface area contributed by atoms with Crippen molar-refractivity contribution in [2.75, 3.05) is 14.1 Å². The second-order valence-corrected chi connectivity index (χ2v) is 9.58. The summed E-state index contributed by atoms with van der Waals surface area (Å²) in [5, 5.41) is 0. The monoisotopic (exact) mass is 417 g/mol. The van der Waals surface area contributed by atoms with Crippen LogP contribution in [0.2, 0.25) is 0 Å². The first-order valence-electron chi connectivity index (χ1n) is 9.22. The van der Waals surface area contributed by atoms with Crippen LogP contribution >= 0.6 is 0 Å². The predicted octanol–water partition coefficient (Wildman–Crippen LogP) is 3.60. The van der Waals surface area contributed by atoms with Crippen LogP contribution in [0.15, 0.2) is 35.2 Å². The Kier molecular flexibility index (Phi) is 6.65. The van der Waals surface area contributed by atoms with Crippen LogP contribution in [0, 0.1) is 27.7 Å². The quantitative estimate of drug-likeness (QED) is 0.530. The molecule has 0 aliphatic heterocycles. The van der Waals surface area contributed by atoms with E-state index >= 15 is 0 Å². The largest absolute Gasteiger partial charge is 0.451 e. The summed E-state index contributed by atoms with van der Waals surface area (Å²) < 4.78 is 31.2. The molecule has 0 unspecified atom stereocenters.